The summed E-state index contributed by atoms with van der Waals surface area (Å²) in [4.78, 5) is 27.6. The van der Waals surface area contributed by atoms with Crippen LogP contribution in [-0.4, -0.2) is 36.1 Å². The summed E-state index contributed by atoms with van der Waals surface area (Å²) in [5.74, 6) is -0.799. The molecule has 1 aliphatic heterocycles. The van der Waals surface area contributed by atoms with Crippen molar-refractivity contribution in [3.8, 4) is 5.75 Å². The Morgan fingerprint density at radius 1 is 0.848 bits per heavy atom. The topological polar surface area (TPSA) is 65.1 Å². The summed E-state index contributed by atoms with van der Waals surface area (Å²) in [5.41, 5.74) is 2.65. The van der Waals surface area contributed by atoms with E-state index in [4.69, 9.17) is 14.2 Å². The molecule has 6 heteroatoms. The maximum atomic E-state index is 12.9. The Balaban J connectivity index is 1.92. The molecule has 2 aromatic rings. The van der Waals surface area contributed by atoms with E-state index in [9.17, 15) is 9.59 Å². The van der Waals surface area contributed by atoms with Gasteiger partial charge >= 0.3 is 11.9 Å². The van der Waals surface area contributed by atoms with E-state index in [1.54, 1.807) is 26.2 Å². The van der Waals surface area contributed by atoms with E-state index in [0.29, 0.717) is 23.5 Å². The van der Waals surface area contributed by atoms with Gasteiger partial charge in [0.1, 0.15) is 12.4 Å². The van der Waals surface area contributed by atoms with Gasteiger partial charge in [0.25, 0.3) is 0 Å². The minimum atomic E-state index is -0.596. The van der Waals surface area contributed by atoms with Crippen molar-refractivity contribution in [3.05, 3.63) is 89.3 Å². The first-order valence-electron chi connectivity index (χ1n) is 11.3. The molecule has 0 amide bonds. The largest absolute Gasteiger partial charge is 0.489 e. The first-order chi connectivity index (χ1) is 15.9. The molecule has 3 rings (SSSR count). The Hall–Kier alpha value is -3.54. The molecule has 0 spiro atoms. The van der Waals surface area contributed by atoms with Crippen molar-refractivity contribution >= 4 is 11.9 Å². The second-order valence-corrected chi connectivity index (χ2v) is 7.93. The van der Waals surface area contributed by atoms with Crippen LogP contribution in [-0.2, 0) is 25.7 Å². The summed E-state index contributed by atoms with van der Waals surface area (Å²) in [7, 11) is 0. The minimum absolute atomic E-state index is 0.0496. The van der Waals surface area contributed by atoms with Gasteiger partial charge in [0.15, 0.2) is 0 Å². The highest BCUT2D eigenvalue weighted by Gasteiger charge is 2.36. The molecule has 6 nitrogen and oxygen atoms in total. The summed E-state index contributed by atoms with van der Waals surface area (Å²) in [6.07, 6.45) is 3.52. The van der Waals surface area contributed by atoms with Crippen LogP contribution in [0, 0.1) is 0 Å². The lowest BCUT2D eigenvalue weighted by Crippen LogP contribution is -2.32. The standard InChI is InChI=1S/C27H31NO5/c1-5-31-26(29)23-16-28(19(3)4)17-24(27(30)32-6-2)25(23)21-12-14-22(15-13-21)33-18-20-10-8-7-9-11-20/h7-17,19,25H,5-6,18H2,1-4H3. The molecule has 0 bridgehead atoms. The van der Waals surface area contributed by atoms with Crippen LogP contribution in [0.2, 0.25) is 0 Å². The molecule has 33 heavy (non-hydrogen) atoms. The van der Waals surface area contributed by atoms with Crippen molar-refractivity contribution in [1.29, 1.82) is 0 Å². The van der Waals surface area contributed by atoms with E-state index < -0.39 is 17.9 Å². The first-order valence-corrected chi connectivity index (χ1v) is 11.3. The van der Waals surface area contributed by atoms with E-state index in [1.807, 2.05) is 73.3 Å². The smallest absolute Gasteiger partial charge is 0.336 e. The quantitative estimate of drug-likeness (QED) is 0.504. The first kappa shape index (κ1) is 24.1. The van der Waals surface area contributed by atoms with E-state index in [-0.39, 0.29) is 19.3 Å². The summed E-state index contributed by atoms with van der Waals surface area (Å²) < 4.78 is 16.5. The highest BCUT2D eigenvalue weighted by atomic mass is 16.5. The van der Waals surface area contributed by atoms with Crippen LogP contribution in [0.5, 0.6) is 5.75 Å². The molecule has 0 fully saturated rings. The molecular weight excluding hydrogens is 418 g/mol. The Morgan fingerprint density at radius 2 is 1.39 bits per heavy atom. The minimum Gasteiger partial charge on any atom is -0.489 e. The van der Waals surface area contributed by atoms with Gasteiger partial charge in [-0.25, -0.2) is 9.59 Å². The molecule has 1 aliphatic rings. The number of hydrogen-bond donors (Lipinski definition) is 0. The fourth-order valence-electron chi connectivity index (χ4n) is 3.60. The lowest BCUT2D eigenvalue weighted by Gasteiger charge is -2.32. The molecule has 0 unspecified atom stereocenters. The third-order valence-electron chi connectivity index (χ3n) is 5.28. The van der Waals surface area contributed by atoms with Crippen LogP contribution in [0.1, 0.15) is 44.7 Å². The number of carbonyl (C=O) groups is 2. The van der Waals surface area contributed by atoms with Gasteiger partial charge in [-0.05, 0) is 51.0 Å². The molecule has 0 aliphatic carbocycles. The normalized spacial score (nSPS) is 13.9. The van der Waals surface area contributed by atoms with Gasteiger partial charge in [0.05, 0.1) is 30.3 Å². The number of rotatable bonds is 9. The highest BCUT2D eigenvalue weighted by molar-refractivity contribution is 5.98. The van der Waals surface area contributed by atoms with Crippen LogP contribution < -0.4 is 4.74 Å². The SMILES string of the molecule is CCOC(=O)C1=CN(C(C)C)C=C(C(=O)OCC)C1c1ccc(OCc2ccccc2)cc1. The fourth-order valence-corrected chi connectivity index (χ4v) is 3.60. The van der Waals surface area contributed by atoms with Crippen LogP contribution in [0.25, 0.3) is 0 Å². The molecule has 2 aromatic carbocycles. The summed E-state index contributed by atoms with van der Waals surface area (Å²) in [6.45, 7) is 8.43. The Labute approximate surface area is 195 Å². The molecule has 0 saturated heterocycles. The van der Waals surface area contributed by atoms with Gasteiger partial charge < -0.3 is 19.1 Å². The Morgan fingerprint density at radius 3 is 1.88 bits per heavy atom. The van der Waals surface area contributed by atoms with Gasteiger partial charge in [0.2, 0.25) is 0 Å². The van der Waals surface area contributed by atoms with Crippen molar-refractivity contribution < 1.29 is 23.8 Å². The zero-order valence-corrected chi connectivity index (χ0v) is 19.6. The zero-order valence-electron chi connectivity index (χ0n) is 19.6. The van der Waals surface area contributed by atoms with Crippen molar-refractivity contribution in [2.24, 2.45) is 0 Å². The number of carbonyl (C=O) groups excluding carboxylic acids is 2. The van der Waals surface area contributed by atoms with Gasteiger partial charge in [-0.15, -0.1) is 0 Å². The third-order valence-corrected chi connectivity index (χ3v) is 5.28. The van der Waals surface area contributed by atoms with Gasteiger partial charge in [0, 0.05) is 18.4 Å². The number of benzene rings is 2. The Bertz CT molecular complexity index is 973. The molecule has 1 heterocycles. The summed E-state index contributed by atoms with van der Waals surface area (Å²) in [6, 6.07) is 17.4. The van der Waals surface area contributed by atoms with Gasteiger partial charge in [-0.2, -0.15) is 0 Å². The van der Waals surface area contributed by atoms with Crippen molar-refractivity contribution in [2.75, 3.05) is 13.2 Å². The second kappa shape index (κ2) is 11.4. The molecule has 0 saturated carbocycles. The monoisotopic (exact) mass is 449 g/mol. The van der Waals surface area contributed by atoms with E-state index in [0.717, 1.165) is 11.1 Å². The van der Waals surface area contributed by atoms with Gasteiger partial charge in [-0.3, -0.25) is 0 Å². The Kier molecular flexibility index (Phi) is 8.30. The third kappa shape index (κ3) is 6.04. The van der Waals surface area contributed by atoms with E-state index >= 15 is 0 Å². The fraction of sp³-hybridized carbons (Fsp3) is 0.333. The van der Waals surface area contributed by atoms with Crippen LogP contribution in [0.3, 0.4) is 0 Å². The van der Waals surface area contributed by atoms with Crippen LogP contribution in [0.4, 0.5) is 0 Å². The average Bonchev–Trinajstić information content (AvgIpc) is 2.83. The van der Waals surface area contributed by atoms with Crippen molar-refractivity contribution in [2.45, 2.75) is 46.3 Å². The van der Waals surface area contributed by atoms with Crippen LogP contribution in [0.15, 0.2) is 78.1 Å². The molecule has 0 N–H and O–H groups in total. The predicted octanol–water partition coefficient (Wildman–Crippen LogP) is 4.97. The lowest BCUT2D eigenvalue weighted by atomic mass is 9.83. The summed E-state index contributed by atoms with van der Waals surface area (Å²) >= 11 is 0. The van der Waals surface area contributed by atoms with E-state index in [2.05, 4.69) is 0 Å². The average molecular weight is 450 g/mol. The van der Waals surface area contributed by atoms with E-state index in [1.165, 1.54) is 0 Å². The lowest BCUT2D eigenvalue weighted by molar-refractivity contribution is -0.139. The number of esters is 2. The molecule has 0 aromatic heterocycles. The highest BCUT2D eigenvalue weighted by Crippen LogP contribution is 2.38. The molecule has 0 radical (unpaired) electrons. The number of hydrogen-bond acceptors (Lipinski definition) is 6. The number of nitrogens with zero attached hydrogens (tertiary/aromatic N) is 1. The predicted molar refractivity (Wildman–Crippen MR) is 126 cm³/mol. The van der Waals surface area contributed by atoms with Crippen LogP contribution >= 0.6 is 0 Å². The summed E-state index contributed by atoms with van der Waals surface area (Å²) in [5, 5.41) is 0. The maximum Gasteiger partial charge on any atom is 0.336 e. The molecular formula is C27H31NO5. The zero-order chi connectivity index (χ0) is 23.8. The van der Waals surface area contributed by atoms with Gasteiger partial charge in [-0.1, -0.05) is 42.5 Å². The van der Waals surface area contributed by atoms with Crippen molar-refractivity contribution in [1.82, 2.24) is 4.90 Å². The maximum absolute atomic E-state index is 12.9. The number of ether oxygens (including phenoxy) is 3. The van der Waals surface area contributed by atoms with Crippen molar-refractivity contribution in [3.63, 3.8) is 0 Å². The molecule has 0 atom stereocenters. The molecule has 174 valence electrons. The second-order valence-electron chi connectivity index (χ2n) is 7.93.